The van der Waals surface area contributed by atoms with Crippen molar-refractivity contribution in [3.8, 4) is 5.75 Å². The number of rotatable bonds is 6. The van der Waals surface area contributed by atoms with Gasteiger partial charge in [-0.1, -0.05) is 0 Å². The first kappa shape index (κ1) is 15.0. The molecule has 0 radical (unpaired) electrons. The molecule has 0 saturated heterocycles. The van der Waals surface area contributed by atoms with E-state index >= 15 is 0 Å². The zero-order valence-corrected chi connectivity index (χ0v) is 12.7. The molecule has 2 heterocycles. The number of aromatic nitrogens is 3. The summed E-state index contributed by atoms with van der Waals surface area (Å²) in [5.41, 5.74) is 1.06. The lowest BCUT2D eigenvalue weighted by molar-refractivity contribution is 0.145. The number of aliphatic hydroxyl groups excluding tert-OH is 1. The number of pyridine rings is 1. The third-order valence-corrected chi connectivity index (χ3v) is 4.23. The van der Waals surface area contributed by atoms with Crippen molar-refractivity contribution in [3.63, 3.8) is 0 Å². The number of aliphatic hydroxyl groups is 1. The van der Waals surface area contributed by atoms with Crippen LogP contribution in [-0.4, -0.2) is 38.9 Å². The number of hydrogen-bond acceptors (Lipinski definition) is 5. The summed E-state index contributed by atoms with van der Waals surface area (Å²) >= 11 is 0. The molecule has 2 N–H and O–H groups in total. The van der Waals surface area contributed by atoms with Gasteiger partial charge in [-0.15, -0.1) is 0 Å². The molecule has 2 aromatic rings. The molecule has 0 aromatic carbocycles. The first-order chi connectivity index (χ1) is 10.7. The molecule has 3 atom stereocenters. The predicted octanol–water partition coefficient (Wildman–Crippen LogP) is 1.22. The summed E-state index contributed by atoms with van der Waals surface area (Å²) < 4.78 is 7.25. The number of nitrogens with zero attached hydrogens (tertiary/aromatic N) is 3. The van der Waals surface area contributed by atoms with E-state index in [9.17, 15) is 5.11 Å². The second kappa shape index (κ2) is 6.89. The van der Waals surface area contributed by atoms with E-state index in [0.717, 1.165) is 30.7 Å². The van der Waals surface area contributed by atoms with Crippen molar-refractivity contribution < 1.29 is 9.84 Å². The fourth-order valence-electron chi connectivity index (χ4n) is 3.10. The molecule has 0 amide bonds. The highest BCUT2D eigenvalue weighted by molar-refractivity contribution is 5.23. The highest BCUT2D eigenvalue weighted by Crippen LogP contribution is 2.27. The molecule has 1 aliphatic rings. The number of ether oxygens (including phenoxy) is 1. The summed E-state index contributed by atoms with van der Waals surface area (Å²) in [6.45, 7) is 1.60. The van der Waals surface area contributed by atoms with E-state index in [1.165, 1.54) is 0 Å². The second-order valence-corrected chi connectivity index (χ2v) is 5.88. The molecule has 118 valence electrons. The number of hydrogen-bond donors (Lipinski definition) is 2. The topological polar surface area (TPSA) is 72.2 Å². The fourth-order valence-corrected chi connectivity index (χ4v) is 3.10. The van der Waals surface area contributed by atoms with E-state index in [2.05, 4.69) is 19.9 Å². The van der Waals surface area contributed by atoms with Crippen molar-refractivity contribution in [2.45, 2.75) is 38.1 Å². The van der Waals surface area contributed by atoms with Gasteiger partial charge in [-0.3, -0.25) is 4.98 Å². The van der Waals surface area contributed by atoms with Crippen molar-refractivity contribution in [3.05, 3.63) is 42.7 Å². The average molecular weight is 302 g/mol. The van der Waals surface area contributed by atoms with Crippen LogP contribution in [0.15, 0.2) is 37.2 Å². The molecule has 3 rings (SSSR count). The third-order valence-electron chi connectivity index (χ3n) is 4.23. The lowest BCUT2D eigenvalue weighted by atomic mass is 10.1. The monoisotopic (exact) mass is 302 g/mol. The molecule has 0 bridgehead atoms. The minimum absolute atomic E-state index is 0.125. The lowest BCUT2D eigenvalue weighted by Crippen LogP contribution is -2.35. The summed E-state index contributed by atoms with van der Waals surface area (Å²) in [5, 5.41) is 13.7. The fraction of sp³-hybridized carbons (Fsp3) is 0.500. The zero-order valence-electron chi connectivity index (χ0n) is 12.7. The minimum Gasteiger partial charge on any atom is -0.495 e. The van der Waals surface area contributed by atoms with E-state index in [0.29, 0.717) is 12.5 Å². The van der Waals surface area contributed by atoms with Crippen LogP contribution in [0.25, 0.3) is 0 Å². The van der Waals surface area contributed by atoms with E-state index in [-0.39, 0.29) is 12.1 Å². The molecule has 0 spiro atoms. The molecule has 6 heteroatoms. The van der Waals surface area contributed by atoms with Crippen LogP contribution in [-0.2, 0) is 13.1 Å². The van der Waals surface area contributed by atoms with Crippen LogP contribution in [0, 0.1) is 5.92 Å². The van der Waals surface area contributed by atoms with Gasteiger partial charge in [-0.05, 0) is 30.4 Å². The first-order valence-corrected chi connectivity index (χ1v) is 7.59. The summed E-state index contributed by atoms with van der Waals surface area (Å²) in [5.74, 6) is 1.23. The summed E-state index contributed by atoms with van der Waals surface area (Å²) in [6, 6.07) is 2.09. The maximum atomic E-state index is 10.2. The van der Waals surface area contributed by atoms with Gasteiger partial charge in [-0.2, -0.15) is 0 Å². The van der Waals surface area contributed by atoms with Crippen molar-refractivity contribution in [2.24, 2.45) is 5.92 Å². The predicted molar refractivity (Wildman–Crippen MR) is 82.4 cm³/mol. The van der Waals surface area contributed by atoms with Crippen LogP contribution < -0.4 is 10.1 Å². The van der Waals surface area contributed by atoms with E-state index in [1.54, 1.807) is 19.5 Å². The SMILES string of the molecule is COc1cncc(CN[C@@H]2CC(Cn3ccnc3)C[C@H]2O)c1. The molecule has 0 aliphatic heterocycles. The van der Waals surface area contributed by atoms with E-state index in [4.69, 9.17) is 4.74 Å². The van der Waals surface area contributed by atoms with Crippen molar-refractivity contribution in [1.82, 2.24) is 19.9 Å². The Morgan fingerprint density at radius 2 is 2.27 bits per heavy atom. The summed E-state index contributed by atoms with van der Waals surface area (Å²) in [7, 11) is 1.63. The smallest absolute Gasteiger partial charge is 0.137 e. The van der Waals surface area contributed by atoms with Gasteiger partial charge in [0.1, 0.15) is 5.75 Å². The Morgan fingerprint density at radius 3 is 3.05 bits per heavy atom. The van der Waals surface area contributed by atoms with Gasteiger partial charge in [0.2, 0.25) is 0 Å². The van der Waals surface area contributed by atoms with Crippen LogP contribution in [0.1, 0.15) is 18.4 Å². The van der Waals surface area contributed by atoms with E-state index < -0.39 is 0 Å². The van der Waals surface area contributed by atoms with Gasteiger partial charge in [0.05, 0.1) is 25.7 Å². The van der Waals surface area contributed by atoms with Gasteiger partial charge in [0.15, 0.2) is 0 Å². The highest BCUT2D eigenvalue weighted by Gasteiger charge is 2.32. The van der Waals surface area contributed by atoms with Gasteiger partial charge in [0.25, 0.3) is 0 Å². The molecule has 1 unspecified atom stereocenters. The molecule has 1 fully saturated rings. The van der Waals surface area contributed by atoms with Crippen molar-refractivity contribution >= 4 is 0 Å². The van der Waals surface area contributed by atoms with Gasteiger partial charge in [-0.25, -0.2) is 4.98 Å². The average Bonchev–Trinajstić information content (AvgIpc) is 3.15. The molecular formula is C16H22N4O2. The third kappa shape index (κ3) is 3.64. The Labute approximate surface area is 130 Å². The van der Waals surface area contributed by atoms with Crippen LogP contribution >= 0.6 is 0 Å². The number of nitrogens with one attached hydrogen (secondary N) is 1. The number of imidazole rings is 1. The molecule has 1 saturated carbocycles. The maximum absolute atomic E-state index is 10.2. The molecule has 22 heavy (non-hydrogen) atoms. The largest absolute Gasteiger partial charge is 0.495 e. The zero-order chi connectivity index (χ0) is 15.4. The van der Waals surface area contributed by atoms with Crippen LogP contribution in [0.4, 0.5) is 0 Å². The molecule has 6 nitrogen and oxygen atoms in total. The summed E-state index contributed by atoms with van der Waals surface area (Å²) in [6.07, 6.45) is 10.6. The van der Waals surface area contributed by atoms with Crippen LogP contribution in [0.3, 0.4) is 0 Å². The van der Waals surface area contributed by atoms with Gasteiger partial charge >= 0.3 is 0 Å². The summed E-state index contributed by atoms with van der Waals surface area (Å²) in [4.78, 5) is 8.21. The normalized spacial score (nSPS) is 24.5. The Kier molecular flexibility index (Phi) is 4.70. The Bertz CT molecular complexity index is 588. The molecule has 1 aliphatic carbocycles. The molecular weight excluding hydrogens is 280 g/mol. The Morgan fingerprint density at radius 1 is 1.36 bits per heavy atom. The second-order valence-electron chi connectivity index (χ2n) is 5.88. The number of methoxy groups -OCH3 is 1. The quantitative estimate of drug-likeness (QED) is 0.839. The van der Waals surface area contributed by atoms with Gasteiger partial charge in [0, 0.05) is 37.7 Å². The van der Waals surface area contributed by atoms with Crippen molar-refractivity contribution in [1.29, 1.82) is 0 Å². The maximum Gasteiger partial charge on any atom is 0.137 e. The standard InChI is InChI=1S/C16H22N4O2/c1-22-14-4-13(7-18-9-14)8-19-15-5-12(6-16(15)21)10-20-3-2-17-11-20/h2-4,7,9,11-12,15-16,19,21H,5-6,8,10H2,1H3/t12?,15-,16-/m1/s1. The first-order valence-electron chi connectivity index (χ1n) is 7.59. The highest BCUT2D eigenvalue weighted by atomic mass is 16.5. The van der Waals surface area contributed by atoms with Gasteiger partial charge < -0.3 is 19.7 Å². The van der Waals surface area contributed by atoms with E-state index in [1.807, 2.05) is 24.8 Å². The Hall–Kier alpha value is -1.92. The minimum atomic E-state index is -0.299. The Balaban J connectivity index is 1.52. The lowest BCUT2D eigenvalue weighted by Gasteiger charge is -2.16. The van der Waals surface area contributed by atoms with Crippen molar-refractivity contribution in [2.75, 3.05) is 7.11 Å². The molecule has 2 aromatic heterocycles. The van der Waals surface area contributed by atoms with Crippen LogP contribution in [0.2, 0.25) is 0 Å². The van der Waals surface area contributed by atoms with Crippen LogP contribution in [0.5, 0.6) is 5.75 Å².